The molecule has 3 heterocycles. The molecule has 0 aromatic heterocycles. The molecule has 0 aromatic rings. The van der Waals surface area contributed by atoms with Crippen LogP contribution in [0.5, 0.6) is 0 Å². The Balaban J connectivity index is 1.72. The molecule has 2 atom stereocenters. The second-order valence-electron chi connectivity index (χ2n) is 8.20. The Kier molecular flexibility index (Phi) is 4.50. The van der Waals surface area contributed by atoms with E-state index in [0.29, 0.717) is 37.2 Å². The number of rotatable bonds is 1. The van der Waals surface area contributed by atoms with Gasteiger partial charge in [-0.2, -0.15) is 0 Å². The van der Waals surface area contributed by atoms with Crippen LogP contribution < -0.4 is 0 Å². The molecule has 8 heteroatoms. The summed E-state index contributed by atoms with van der Waals surface area (Å²) in [5, 5.41) is 10.7. The topological polar surface area (TPSA) is 96.4 Å². The first kappa shape index (κ1) is 18.7. The van der Waals surface area contributed by atoms with Gasteiger partial charge in [0.2, 0.25) is 5.91 Å². The smallest absolute Gasteiger partial charge is 0.410 e. The molecule has 3 aliphatic heterocycles. The lowest BCUT2D eigenvalue weighted by Crippen LogP contribution is -2.56. The average molecular weight is 366 g/mol. The highest BCUT2D eigenvalue weighted by Crippen LogP contribution is 2.44. The van der Waals surface area contributed by atoms with Crippen molar-refractivity contribution in [3.8, 4) is 0 Å². The van der Waals surface area contributed by atoms with Gasteiger partial charge in [0.15, 0.2) is 0 Å². The number of cyclic esters (lactones) is 1. The Morgan fingerprint density at radius 2 is 1.92 bits per heavy atom. The van der Waals surface area contributed by atoms with Crippen LogP contribution in [0.1, 0.15) is 40.5 Å². The number of piperidine rings is 1. The Morgan fingerprint density at radius 1 is 1.27 bits per heavy atom. The van der Waals surface area contributed by atoms with Crippen molar-refractivity contribution in [1.29, 1.82) is 0 Å². The van der Waals surface area contributed by atoms with Crippen LogP contribution in [0.25, 0.3) is 0 Å². The van der Waals surface area contributed by atoms with Gasteiger partial charge in [0.1, 0.15) is 12.2 Å². The second-order valence-corrected chi connectivity index (χ2v) is 8.20. The zero-order valence-corrected chi connectivity index (χ0v) is 15.7. The predicted molar refractivity (Wildman–Crippen MR) is 90.9 cm³/mol. The van der Waals surface area contributed by atoms with E-state index in [-0.39, 0.29) is 19.1 Å². The van der Waals surface area contributed by atoms with Crippen molar-refractivity contribution in [2.75, 3.05) is 26.2 Å². The van der Waals surface area contributed by atoms with E-state index in [0.717, 1.165) is 0 Å². The number of likely N-dealkylation sites (tertiary alicyclic amines) is 2. The van der Waals surface area contributed by atoms with Crippen LogP contribution in [0, 0.1) is 5.41 Å². The van der Waals surface area contributed by atoms with Gasteiger partial charge in [0, 0.05) is 13.1 Å². The standard InChI is InChI=1S/C18H26N2O6/c1-11-12(10-25-14(11)22)20-8-6-18(15(20)23)5-7-19(9-13(18)21)16(24)26-17(2,3)4/h13,21H,5-10H2,1-4H3. The molecule has 0 bridgehead atoms. The van der Waals surface area contributed by atoms with Gasteiger partial charge in [-0.05, 0) is 40.5 Å². The van der Waals surface area contributed by atoms with Gasteiger partial charge >= 0.3 is 12.1 Å². The molecule has 0 saturated carbocycles. The molecule has 0 aliphatic carbocycles. The van der Waals surface area contributed by atoms with E-state index in [9.17, 15) is 19.5 Å². The number of hydrogen-bond donors (Lipinski definition) is 1. The number of nitrogens with zero attached hydrogens (tertiary/aromatic N) is 2. The van der Waals surface area contributed by atoms with Crippen LogP contribution in [0.2, 0.25) is 0 Å². The van der Waals surface area contributed by atoms with E-state index >= 15 is 0 Å². The third kappa shape index (κ3) is 3.06. The fourth-order valence-electron chi connectivity index (χ4n) is 3.80. The van der Waals surface area contributed by atoms with E-state index in [1.54, 1.807) is 32.6 Å². The number of carbonyl (C=O) groups excluding carboxylic acids is 3. The first-order valence-corrected chi connectivity index (χ1v) is 8.90. The van der Waals surface area contributed by atoms with Gasteiger partial charge in [-0.1, -0.05) is 0 Å². The van der Waals surface area contributed by atoms with Gasteiger partial charge in [0.05, 0.1) is 29.3 Å². The number of ether oxygens (including phenoxy) is 2. The van der Waals surface area contributed by atoms with E-state index in [2.05, 4.69) is 0 Å². The Hall–Kier alpha value is -2.09. The summed E-state index contributed by atoms with van der Waals surface area (Å²) in [5.74, 6) is -0.601. The molecule has 2 saturated heterocycles. The van der Waals surface area contributed by atoms with Crippen molar-refractivity contribution in [3.63, 3.8) is 0 Å². The monoisotopic (exact) mass is 366 g/mol. The molecule has 8 nitrogen and oxygen atoms in total. The highest BCUT2D eigenvalue weighted by Gasteiger charge is 2.55. The maximum absolute atomic E-state index is 13.1. The normalized spacial score (nSPS) is 29.7. The summed E-state index contributed by atoms with van der Waals surface area (Å²) in [6.45, 7) is 7.92. The van der Waals surface area contributed by atoms with Gasteiger partial charge in [-0.3, -0.25) is 4.79 Å². The van der Waals surface area contributed by atoms with E-state index in [4.69, 9.17) is 9.47 Å². The van der Waals surface area contributed by atoms with Crippen LogP contribution in [0.4, 0.5) is 4.79 Å². The molecule has 144 valence electrons. The minimum Gasteiger partial charge on any atom is -0.456 e. The third-order valence-corrected chi connectivity index (χ3v) is 5.37. The Labute approximate surface area is 152 Å². The fraction of sp³-hybridized carbons (Fsp3) is 0.722. The average Bonchev–Trinajstić information content (AvgIpc) is 3.03. The highest BCUT2D eigenvalue weighted by atomic mass is 16.6. The highest BCUT2D eigenvalue weighted by molar-refractivity contribution is 5.94. The minimum absolute atomic E-state index is 0.0575. The molecule has 1 N–H and O–H groups in total. The second kappa shape index (κ2) is 6.26. The lowest BCUT2D eigenvalue weighted by atomic mass is 9.75. The number of aliphatic hydroxyl groups excluding tert-OH is 1. The van der Waals surface area contributed by atoms with Gasteiger partial charge in [0.25, 0.3) is 0 Å². The van der Waals surface area contributed by atoms with Gasteiger partial charge in [-0.15, -0.1) is 0 Å². The van der Waals surface area contributed by atoms with Gasteiger partial charge < -0.3 is 24.4 Å². The Bertz CT molecular complexity index is 680. The number of esters is 1. The lowest BCUT2D eigenvalue weighted by Gasteiger charge is -2.42. The molecule has 2 amide bonds. The summed E-state index contributed by atoms with van der Waals surface area (Å²) in [5.41, 5.74) is -0.511. The van der Waals surface area contributed by atoms with Crippen molar-refractivity contribution >= 4 is 18.0 Å². The van der Waals surface area contributed by atoms with Crippen molar-refractivity contribution in [1.82, 2.24) is 9.80 Å². The van der Waals surface area contributed by atoms with E-state index < -0.39 is 29.2 Å². The summed E-state index contributed by atoms with van der Waals surface area (Å²) < 4.78 is 10.3. The van der Waals surface area contributed by atoms with Crippen LogP contribution in [-0.4, -0.2) is 70.8 Å². The maximum atomic E-state index is 13.1. The summed E-state index contributed by atoms with van der Waals surface area (Å²) in [7, 11) is 0. The van der Waals surface area contributed by atoms with Crippen molar-refractivity contribution in [2.24, 2.45) is 5.41 Å². The number of carbonyl (C=O) groups is 3. The molecule has 0 radical (unpaired) electrons. The maximum Gasteiger partial charge on any atom is 0.410 e. The van der Waals surface area contributed by atoms with E-state index in [1.165, 1.54) is 4.90 Å². The van der Waals surface area contributed by atoms with Crippen LogP contribution >= 0.6 is 0 Å². The largest absolute Gasteiger partial charge is 0.456 e. The fourth-order valence-corrected chi connectivity index (χ4v) is 3.80. The molecule has 26 heavy (non-hydrogen) atoms. The summed E-state index contributed by atoms with van der Waals surface area (Å²) in [6, 6.07) is 0. The third-order valence-electron chi connectivity index (χ3n) is 5.37. The number of β-amino-alcohol motifs (C(OH)–C–C–N with tert-alkyl or cyclic N) is 1. The number of amides is 2. The van der Waals surface area contributed by atoms with Crippen LogP contribution in [0.3, 0.4) is 0 Å². The van der Waals surface area contributed by atoms with Crippen molar-refractivity contribution < 1.29 is 29.0 Å². The molecule has 1 spiro atoms. The summed E-state index contributed by atoms with van der Waals surface area (Å²) in [4.78, 5) is 39.9. The van der Waals surface area contributed by atoms with Crippen LogP contribution in [0.15, 0.2) is 11.3 Å². The molecule has 3 rings (SSSR count). The van der Waals surface area contributed by atoms with E-state index in [1.807, 2.05) is 0 Å². The molecular weight excluding hydrogens is 340 g/mol. The van der Waals surface area contributed by atoms with Crippen molar-refractivity contribution in [2.45, 2.75) is 52.2 Å². The molecule has 2 unspecified atom stereocenters. The summed E-state index contributed by atoms with van der Waals surface area (Å²) in [6.07, 6.45) is -0.605. The lowest BCUT2D eigenvalue weighted by molar-refractivity contribution is -0.146. The zero-order valence-electron chi connectivity index (χ0n) is 15.7. The first-order chi connectivity index (χ1) is 12.0. The molecule has 0 aromatic carbocycles. The number of hydrogen-bond acceptors (Lipinski definition) is 6. The summed E-state index contributed by atoms with van der Waals surface area (Å²) >= 11 is 0. The van der Waals surface area contributed by atoms with Gasteiger partial charge in [-0.25, -0.2) is 9.59 Å². The van der Waals surface area contributed by atoms with Crippen LogP contribution in [-0.2, 0) is 19.1 Å². The minimum atomic E-state index is -0.972. The first-order valence-electron chi connectivity index (χ1n) is 8.90. The van der Waals surface area contributed by atoms with Crippen molar-refractivity contribution in [3.05, 3.63) is 11.3 Å². The molecule has 3 aliphatic rings. The SMILES string of the molecule is CC1=C(N2CCC3(CCN(C(=O)OC(C)(C)C)CC3O)C2=O)COC1=O. The predicted octanol–water partition coefficient (Wildman–Crippen LogP) is 1.04. The number of aliphatic hydroxyl groups is 1. The Morgan fingerprint density at radius 3 is 2.46 bits per heavy atom. The molecule has 2 fully saturated rings. The zero-order chi connectivity index (χ0) is 19.3. The molecular formula is C18H26N2O6. The quantitative estimate of drug-likeness (QED) is 0.697.